The molecule has 0 aliphatic carbocycles. The van der Waals surface area contributed by atoms with E-state index in [1.807, 2.05) is 91.9 Å². The summed E-state index contributed by atoms with van der Waals surface area (Å²) in [6.07, 6.45) is 1.90. The quantitative estimate of drug-likeness (QED) is 0.155. The van der Waals surface area contributed by atoms with Crippen LogP contribution in [-0.2, 0) is 11.3 Å². The van der Waals surface area contributed by atoms with Gasteiger partial charge in [-0.05, 0) is 61.4 Å². The van der Waals surface area contributed by atoms with Gasteiger partial charge in [0.2, 0.25) is 0 Å². The monoisotopic (exact) mass is 669 g/mol. The second kappa shape index (κ2) is 12.9. The van der Waals surface area contributed by atoms with E-state index in [4.69, 9.17) is 9.73 Å². The Bertz CT molecular complexity index is 2460. The number of rotatable bonds is 8. The number of carbonyl (C=O) groups excluding carboxylic acids is 1. The summed E-state index contributed by atoms with van der Waals surface area (Å²) in [7, 11) is 1.59. The van der Waals surface area contributed by atoms with Crippen LogP contribution >= 0.6 is 11.3 Å². The Morgan fingerprint density at radius 2 is 1.67 bits per heavy atom. The minimum atomic E-state index is -0.724. The molecule has 0 radical (unpaired) electrons. The summed E-state index contributed by atoms with van der Waals surface area (Å²) in [5, 5.41) is 15.1. The van der Waals surface area contributed by atoms with Crippen molar-refractivity contribution in [2.24, 2.45) is 4.99 Å². The zero-order chi connectivity index (χ0) is 34.2. The van der Waals surface area contributed by atoms with Gasteiger partial charge in [-0.1, -0.05) is 72.0 Å². The Morgan fingerprint density at radius 1 is 0.980 bits per heavy atom. The number of nitro groups is 1. The molecule has 244 valence electrons. The molecule has 6 aromatic rings. The van der Waals surface area contributed by atoms with Gasteiger partial charge in [0.25, 0.3) is 17.2 Å². The number of hydrogen-bond donors (Lipinski definition) is 1. The molecule has 0 fully saturated rings. The fraction of sp³-hybridized carbons (Fsp3) is 0.132. The Balaban J connectivity index is 1.36. The maximum atomic E-state index is 14.4. The largest absolute Gasteiger partial charge is 0.497 e. The lowest BCUT2D eigenvalue weighted by molar-refractivity contribution is -0.384. The molecule has 10 nitrogen and oxygen atoms in total. The van der Waals surface area contributed by atoms with Crippen LogP contribution in [0.15, 0.2) is 124 Å². The third-order valence-corrected chi connectivity index (χ3v) is 9.76. The van der Waals surface area contributed by atoms with Gasteiger partial charge in [-0.2, -0.15) is 0 Å². The van der Waals surface area contributed by atoms with Gasteiger partial charge in [-0.25, -0.2) is 4.99 Å². The van der Waals surface area contributed by atoms with Gasteiger partial charge >= 0.3 is 0 Å². The number of carbonyl (C=O) groups is 1. The lowest BCUT2D eigenvalue weighted by Crippen LogP contribution is -2.40. The van der Waals surface area contributed by atoms with Gasteiger partial charge in [0.05, 0.1) is 33.9 Å². The molecule has 49 heavy (non-hydrogen) atoms. The Labute approximate surface area is 284 Å². The summed E-state index contributed by atoms with van der Waals surface area (Å²) in [5.41, 5.74) is 5.79. The summed E-state index contributed by atoms with van der Waals surface area (Å²) >= 11 is 1.28. The molecule has 1 atom stereocenters. The number of thiazole rings is 1. The van der Waals surface area contributed by atoms with Crippen LogP contribution in [0.25, 0.3) is 17.0 Å². The first-order valence-electron chi connectivity index (χ1n) is 15.6. The molecule has 2 aromatic heterocycles. The highest BCUT2D eigenvalue weighted by molar-refractivity contribution is 7.07. The molecule has 1 aliphatic rings. The Kier molecular flexibility index (Phi) is 8.27. The van der Waals surface area contributed by atoms with Crippen molar-refractivity contribution in [3.63, 3.8) is 0 Å². The zero-order valence-electron chi connectivity index (χ0n) is 26.9. The lowest BCUT2D eigenvalue weighted by Gasteiger charge is -2.25. The number of fused-ring (bicyclic) bond motifs is 2. The molecular weight excluding hydrogens is 639 g/mol. The van der Waals surface area contributed by atoms with Crippen molar-refractivity contribution in [3.8, 4) is 5.75 Å². The van der Waals surface area contributed by atoms with Crippen molar-refractivity contribution in [2.75, 3.05) is 12.4 Å². The second-order valence-corrected chi connectivity index (χ2v) is 12.7. The predicted molar refractivity (Wildman–Crippen MR) is 191 cm³/mol. The van der Waals surface area contributed by atoms with Gasteiger partial charge in [0.15, 0.2) is 4.80 Å². The number of hydrogen-bond acceptors (Lipinski definition) is 7. The van der Waals surface area contributed by atoms with Crippen molar-refractivity contribution < 1.29 is 14.5 Å². The van der Waals surface area contributed by atoms with Crippen LogP contribution in [0.3, 0.4) is 0 Å². The number of non-ortho nitro benzene ring substituents is 1. The average molecular weight is 670 g/mol. The number of ether oxygens (including phenoxy) is 1. The highest BCUT2D eigenvalue weighted by atomic mass is 32.1. The molecule has 4 aromatic carbocycles. The Hall–Kier alpha value is -6.07. The van der Waals surface area contributed by atoms with Gasteiger partial charge < -0.3 is 14.6 Å². The van der Waals surface area contributed by atoms with Gasteiger partial charge in [0.1, 0.15) is 5.75 Å². The number of benzene rings is 4. The van der Waals surface area contributed by atoms with Crippen molar-refractivity contribution in [2.45, 2.75) is 26.4 Å². The summed E-state index contributed by atoms with van der Waals surface area (Å²) in [4.78, 5) is 44.4. The second-order valence-electron chi connectivity index (χ2n) is 11.7. The minimum Gasteiger partial charge on any atom is -0.497 e. The van der Waals surface area contributed by atoms with Gasteiger partial charge in [-0.3, -0.25) is 24.3 Å². The van der Waals surface area contributed by atoms with Crippen LogP contribution in [0, 0.1) is 17.0 Å². The highest BCUT2D eigenvalue weighted by Gasteiger charge is 2.32. The summed E-state index contributed by atoms with van der Waals surface area (Å²) in [6.45, 7) is 4.30. The van der Waals surface area contributed by atoms with E-state index >= 15 is 0 Å². The number of aromatic nitrogens is 2. The molecule has 0 spiro atoms. The maximum Gasteiger partial charge on any atom is 0.271 e. The average Bonchev–Trinajstić information content (AvgIpc) is 3.56. The SMILES string of the molecule is COc1ccc([C@H]2C(C(=O)Nc3ccccc3)=C(C)N=c3s/c(=C/c4c(C)n(Cc5ccc([N+](=O)[O-])cc5)c5ccccc45)c(=O)n32)cc1. The highest BCUT2D eigenvalue weighted by Crippen LogP contribution is 2.32. The zero-order valence-corrected chi connectivity index (χ0v) is 27.7. The molecule has 1 amide bonds. The first-order valence-corrected chi connectivity index (χ1v) is 16.4. The number of allylic oxidation sites excluding steroid dienone is 1. The number of amides is 1. The van der Waals surface area contributed by atoms with Crippen molar-refractivity contribution in [1.29, 1.82) is 0 Å². The number of nitrogens with zero attached hydrogens (tertiary/aromatic N) is 4. The number of nitrogens with one attached hydrogen (secondary N) is 1. The number of para-hydroxylation sites is 2. The molecule has 0 unspecified atom stereocenters. The predicted octanol–water partition coefficient (Wildman–Crippen LogP) is 6.10. The first kappa shape index (κ1) is 31.5. The van der Waals surface area contributed by atoms with E-state index in [2.05, 4.69) is 9.88 Å². The third-order valence-electron chi connectivity index (χ3n) is 8.77. The number of anilines is 1. The lowest BCUT2D eigenvalue weighted by atomic mass is 9.95. The molecule has 3 heterocycles. The molecule has 7 rings (SSSR count). The summed E-state index contributed by atoms with van der Waals surface area (Å²) < 4.78 is 9.62. The van der Waals surface area contributed by atoms with Crippen LogP contribution in [-0.4, -0.2) is 27.1 Å². The van der Waals surface area contributed by atoms with E-state index < -0.39 is 11.0 Å². The van der Waals surface area contributed by atoms with Gasteiger partial charge in [0, 0.05) is 46.5 Å². The molecule has 0 saturated heterocycles. The van der Waals surface area contributed by atoms with Crippen molar-refractivity contribution in [1.82, 2.24) is 9.13 Å². The summed E-state index contributed by atoms with van der Waals surface area (Å²) in [5.74, 6) is 0.320. The van der Waals surface area contributed by atoms with E-state index in [0.717, 1.165) is 33.3 Å². The van der Waals surface area contributed by atoms with Gasteiger partial charge in [-0.15, -0.1) is 0 Å². The van der Waals surface area contributed by atoms with Crippen LogP contribution < -0.4 is 24.9 Å². The van der Waals surface area contributed by atoms with Crippen LogP contribution in [0.4, 0.5) is 11.4 Å². The van der Waals surface area contributed by atoms with Crippen LogP contribution in [0.5, 0.6) is 5.75 Å². The number of nitro benzene ring substituents is 1. The smallest absolute Gasteiger partial charge is 0.271 e. The minimum absolute atomic E-state index is 0.0396. The molecular formula is C38H31N5O5S. The van der Waals surface area contributed by atoms with E-state index in [0.29, 0.717) is 38.6 Å². The molecule has 11 heteroatoms. The van der Waals surface area contributed by atoms with Crippen molar-refractivity contribution in [3.05, 3.63) is 167 Å². The number of methoxy groups -OCH3 is 1. The standard InChI is InChI=1S/C38H31N5O5S/c1-23-34(36(44)40-27-9-5-4-6-10-27)35(26-15-19-29(48-3)20-16-26)42-37(45)33(49-38(42)39-23)21-31-24(2)41(32-12-8-7-11-30(31)32)22-25-13-17-28(18-14-25)43(46)47/h4-21,35H,22H2,1-3H3,(H,40,44)/b33-21+/t35-/m0/s1. The van der Waals surface area contributed by atoms with Crippen LogP contribution in [0.1, 0.15) is 35.3 Å². The van der Waals surface area contributed by atoms with E-state index in [9.17, 15) is 19.7 Å². The fourth-order valence-electron chi connectivity index (χ4n) is 6.31. The normalized spacial score (nSPS) is 14.4. The van der Waals surface area contributed by atoms with E-state index in [1.54, 1.807) is 30.7 Å². The topological polar surface area (TPSA) is 121 Å². The molecule has 0 saturated carbocycles. The van der Waals surface area contributed by atoms with E-state index in [1.165, 1.54) is 23.5 Å². The van der Waals surface area contributed by atoms with Crippen molar-refractivity contribution >= 4 is 45.6 Å². The molecule has 1 aliphatic heterocycles. The fourth-order valence-corrected chi connectivity index (χ4v) is 7.34. The van der Waals surface area contributed by atoms with Crippen LogP contribution in [0.2, 0.25) is 0 Å². The summed E-state index contributed by atoms with van der Waals surface area (Å²) in [6, 6.07) is 30.3. The Morgan fingerprint density at radius 3 is 2.37 bits per heavy atom. The van der Waals surface area contributed by atoms with E-state index in [-0.39, 0.29) is 17.2 Å². The molecule has 0 bridgehead atoms. The third kappa shape index (κ3) is 5.85. The molecule has 1 N–H and O–H groups in total. The first-order chi connectivity index (χ1) is 23.7. The maximum absolute atomic E-state index is 14.4.